The maximum Gasteiger partial charge on any atom is 0.150 e. The minimum absolute atomic E-state index is 0.624. The Morgan fingerprint density at radius 3 is 2.45 bits per heavy atom. The largest absolute Gasteiger partial charge is 0.298 e. The molecule has 0 fully saturated rings. The Kier molecular flexibility index (Phi) is 2.77. The summed E-state index contributed by atoms with van der Waals surface area (Å²) in [7, 11) is 0. The number of nitrogens with two attached hydrogens (primary N) is 1. The molecule has 0 aliphatic rings. The van der Waals surface area contributed by atoms with Crippen LogP contribution in [0.15, 0.2) is 24.3 Å². The van der Waals surface area contributed by atoms with Gasteiger partial charge in [-0.3, -0.25) is 16.1 Å². The molecule has 1 aromatic carbocycles. The number of aldehydes is 1. The zero-order valence-corrected chi connectivity index (χ0v) is 6.08. The van der Waals surface area contributed by atoms with E-state index in [1.165, 1.54) is 0 Å². The van der Waals surface area contributed by atoms with Crippen molar-refractivity contribution in [3.63, 3.8) is 0 Å². The molecule has 0 heterocycles. The van der Waals surface area contributed by atoms with Gasteiger partial charge in [0, 0.05) is 12.1 Å². The highest BCUT2D eigenvalue weighted by Gasteiger charge is 1.90. The van der Waals surface area contributed by atoms with E-state index in [2.05, 4.69) is 5.43 Å². The molecule has 0 unspecified atom stereocenters. The standard InChI is InChI=1S/C8H10N2O/c9-10-5-7-1-3-8(6-11)4-2-7/h1-4,6,10H,5,9H2. The van der Waals surface area contributed by atoms with E-state index in [9.17, 15) is 4.79 Å². The SMILES string of the molecule is NNCc1ccc(C=O)cc1. The molecule has 3 heteroatoms. The average Bonchev–Trinajstić information content (AvgIpc) is 2.07. The van der Waals surface area contributed by atoms with E-state index < -0.39 is 0 Å². The fourth-order valence-electron chi connectivity index (χ4n) is 0.832. The number of hydrogen-bond acceptors (Lipinski definition) is 3. The van der Waals surface area contributed by atoms with Crippen molar-refractivity contribution >= 4 is 6.29 Å². The number of nitrogens with one attached hydrogen (secondary N) is 1. The van der Waals surface area contributed by atoms with Crippen LogP contribution >= 0.6 is 0 Å². The first-order valence-electron chi connectivity index (χ1n) is 3.34. The predicted molar refractivity (Wildman–Crippen MR) is 42.9 cm³/mol. The van der Waals surface area contributed by atoms with Crippen LogP contribution in [0, 0.1) is 0 Å². The molecule has 0 saturated carbocycles. The Hall–Kier alpha value is -1.19. The van der Waals surface area contributed by atoms with Crippen molar-refractivity contribution < 1.29 is 4.79 Å². The molecule has 11 heavy (non-hydrogen) atoms. The zero-order chi connectivity index (χ0) is 8.10. The first-order valence-corrected chi connectivity index (χ1v) is 3.34. The van der Waals surface area contributed by atoms with E-state index in [1.807, 2.05) is 12.1 Å². The van der Waals surface area contributed by atoms with Gasteiger partial charge in [-0.2, -0.15) is 0 Å². The van der Waals surface area contributed by atoms with Crippen LogP contribution in [0.2, 0.25) is 0 Å². The topological polar surface area (TPSA) is 55.1 Å². The van der Waals surface area contributed by atoms with Crippen LogP contribution in [0.3, 0.4) is 0 Å². The Morgan fingerprint density at radius 2 is 2.00 bits per heavy atom. The molecule has 58 valence electrons. The normalized spacial score (nSPS) is 9.55. The van der Waals surface area contributed by atoms with Crippen LogP contribution in [0.25, 0.3) is 0 Å². The minimum Gasteiger partial charge on any atom is -0.298 e. The van der Waals surface area contributed by atoms with Crippen molar-refractivity contribution in [2.24, 2.45) is 5.84 Å². The highest BCUT2D eigenvalue weighted by atomic mass is 16.1. The number of carbonyl (C=O) groups excluding carboxylic acids is 1. The van der Waals surface area contributed by atoms with Gasteiger partial charge in [0.2, 0.25) is 0 Å². The molecule has 0 saturated heterocycles. The van der Waals surface area contributed by atoms with Gasteiger partial charge in [0.1, 0.15) is 6.29 Å². The van der Waals surface area contributed by atoms with Gasteiger partial charge >= 0.3 is 0 Å². The summed E-state index contributed by atoms with van der Waals surface area (Å²) in [6, 6.07) is 7.26. The van der Waals surface area contributed by atoms with E-state index in [0.29, 0.717) is 12.1 Å². The fourth-order valence-corrected chi connectivity index (χ4v) is 0.832. The first kappa shape index (κ1) is 7.91. The highest BCUT2D eigenvalue weighted by molar-refractivity contribution is 5.74. The number of rotatable bonds is 3. The molecule has 1 aromatic rings. The summed E-state index contributed by atoms with van der Waals surface area (Å²) < 4.78 is 0. The molecular weight excluding hydrogens is 140 g/mol. The summed E-state index contributed by atoms with van der Waals surface area (Å²) in [5.41, 5.74) is 4.29. The van der Waals surface area contributed by atoms with E-state index >= 15 is 0 Å². The molecule has 3 N–H and O–H groups in total. The van der Waals surface area contributed by atoms with E-state index in [1.54, 1.807) is 12.1 Å². The summed E-state index contributed by atoms with van der Waals surface area (Å²) in [6.45, 7) is 0.624. The molecule has 0 aliphatic heterocycles. The van der Waals surface area contributed by atoms with Crippen LogP contribution < -0.4 is 11.3 Å². The van der Waals surface area contributed by atoms with E-state index in [4.69, 9.17) is 5.84 Å². The molecule has 0 spiro atoms. The molecule has 0 amide bonds. The molecule has 0 radical (unpaired) electrons. The van der Waals surface area contributed by atoms with E-state index in [0.717, 1.165) is 11.8 Å². The van der Waals surface area contributed by atoms with E-state index in [-0.39, 0.29) is 0 Å². The lowest BCUT2D eigenvalue weighted by molar-refractivity contribution is 0.112. The van der Waals surface area contributed by atoms with Gasteiger partial charge in [-0.1, -0.05) is 24.3 Å². The van der Waals surface area contributed by atoms with Crippen molar-refractivity contribution in [3.05, 3.63) is 35.4 Å². The van der Waals surface area contributed by atoms with Gasteiger partial charge in [-0.05, 0) is 5.56 Å². The number of hydrazine groups is 1. The molecule has 0 atom stereocenters. The average molecular weight is 150 g/mol. The van der Waals surface area contributed by atoms with Crippen molar-refractivity contribution in [1.82, 2.24) is 5.43 Å². The fraction of sp³-hybridized carbons (Fsp3) is 0.125. The summed E-state index contributed by atoms with van der Waals surface area (Å²) in [5, 5.41) is 0. The lowest BCUT2D eigenvalue weighted by Gasteiger charge is -1.98. The van der Waals surface area contributed by atoms with Gasteiger partial charge in [-0.25, -0.2) is 0 Å². The molecule has 0 aromatic heterocycles. The molecule has 0 aliphatic carbocycles. The Bertz CT molecular complexity index is 230. The third kappa shape index (κ3) is 2.14. The summed E-state index contributed by atoms with van der Waals surface area (Å²) in [5.74, 6) is 5.11. The first-order chi connectivity index (χ1) is 5.36. The summed E-state index contributed by atoms with van der Waals surface area (Å²) in [4.78, 5) is 10.2. The highest BCUT2D eigenvalue weighted by Crippen LogP contribution is 2.00. The van der Waals surface area contributed by atoms with Gasteiger partial charge in [0.15, 0.2) is 0 Å². The van der Waals surface area contributed by atoms with Crippen LogP contribution in [0.5, 0.6) is 0 Å². The molecule has 3 nitrogen and oxygen atoms in total. The maximum atomic E-state index is 10.2. The van der Waals surface area contributed by atoms with Crippen LogP contribution in [-0.2, 0) is 6.54 Å². The predicted octanol–water partition coefficient (Wildman–Crippen LogP) is 0.462. The summed E-state index contributed by atoms with van der Waals surface area (Å²) >= 11 is 0. The number of hydrogen-bond donors (Lipinski definition) is 2. The van der Waals surface area contributed by atoms with Crippen molar-refractivity contribution in [3.8, 4) is 0 Å². The Balaban J connectivity index is 2.74. The van der Waals surface area contributed by atoms with Crippen LogP contribution in [-0.4, -0.2) is 6.29 Å². The van der Waals surface area contributed by atoms with Crippen molar-refractivity contribution in [2.75, 3.05) is 0 Å². The lowest BCUT2D eigenvalue weighted by Crippen LogP contribution is -2.20. The number of benzene rings is 1. The van der Waals surface area contributed by atoms with Gasteiger partial charge in [0.05, 0.1) is 0 Å². The Morgan fingerprint density at radius 1 is 1.36 bits per heavy atom. The lowest BCUT2D eigenvalue weighted by atomic mass is 10.1. The smallest absolute Gasteiger partial charge is 0.150 e. The monoisotopic (exact) mass is 150 g/mol. The van der Waals surface area contributed by atoms with Crippen molar-refractivity contribution in [2.45, 2.75) is 6.54 Å². The Labute approximate surface area is 65.2 Å². The zero-order valence-electron chi connectivity index (χ0n) is 6.08. The summed E-state index contributed by atoms with van der Waals surface area (Å²) in [6.07, 6.45) is 0.819. The van der Waals surface area contributed by atoms with Gasteiger partial charge in [-0.15, -0.1) is 0 Å². The third-order valence-corrected chi connectivity index (χ3v) is 1.42. The van der Waals surface area contributed by atoms with Gasteiger partial charge < -0.3 is 0 Å². The molecule has 1 rings (SSSR count). The molecule has 0 bridgehead atoms. The molecular formula is C8H10N2O. The second-order valence-corrected chi connectivity index (χ2v) is 2.24. The minimum atomic E-state index is 0.624. The second kappa shape index (κ2) is 3.85. The van der Waals surface area contributed by atoms with Crippen molar-refractivity contribution in [1.29, 1.82) is 0 Å². The second-order valence-electron chi connectivity index (χ2n) is 2.24. The third-order valence-electron chi connectivity index (χ3n) is 1.42. The van der Waals surface area contributed by atoms with Crippen LogP contribution in [0.1, 0.15) is 15.9 Å². The van der Waals surface area contributed by atoms with Crippen LogP contribution in [0.4, 0.5) is 0 Å². The quantitative estimate of drug-likeness (QED) is 0.374. The number of carbonyl (C=O) groups is 1. The maximum absolute atomic E-state index is 10.2. The van der Waals surface area contributed by atoms with Gasteiger partial charge in [0.25, 0.3) is 0 Å².